The van der Waals surface area contributed by atoms with E-state index in [9.17, 15) is 9.59 Å². The minimum Gasteiger partial charge on any atom is -0.318 e. The molecule has 36 heavy (non-hydrogen) atoms. The van der Waals surface area contributed by atoms with Gasteiger partial charge in [-0.05, 0) is 85.3 Å². The molecule has 2 atom stereocenters. The molecule has 5 rings (SSSR count). The van der Waals surface area contributed by atoms with E-state index >= 15 is 0 Å². The highest BCUT2D eigenvalue weighted by atomic mass is 16.5. The second-order valence-corrected chi connectivity index (χ2v) is 10.2. The van der Waals surface area contributed by atoms with Crippen molar-refractivity contribution in [1.29, 1.82) is 0 Å². The smallest absolute Gasteiger partial charge is 0.274 e. The van der Waals surface area contributed by atoms with E-state index < -0.39 is 5.91 Å². The zero-order valence-corrected chi connectivity index (χ0v) is 20.7. The van der Waals surface area contributed by atoms with Crippen molar-refractivity contribution < 1.29 is 10.0 Å². The fourth-order valence-electron chi connectivity index (χ4n) is 5.23. The molecule has 1 aromatic heterocycles. The molecule has 7 heteroatoms. The summed E-state index contributed by atoms with van der Waals surface area (Å²) in [6.45, 7) is 4.15. The summed E-state index contributed by atoms with van der Waals surface area (Å²) >= 11 is 0. The second kappa shape index (κ2) is 10.8. The lowest BCUT2D eigenvalue weighted by molar-refractivity contribution is 0.0706. The number of aryl methyl sites for hydroxylation is 1. The van der Waals surface area contributed by atoms with Crippen LogP contribution < -0.4 is 16.4 Å². The summed E-state index contributed by atoms with van der Waals surface area (Å²) in [5, 5.41) is 12.5. The lowest BCUT2D eigenvalue weighted by Crippen LogP contribution is -2.37. The fourth-order valence-corrected chi connectivity index (χ4v) is 5.23. The SMILES string of the molecule is Cn1cc(-c2ccc(C3CC3NCC3CCN(Cc4ccc(C(=O)NO)cc4)CC3)cc2)ccc1=O. The number of hydrogen-bond donors (Lipinski definition) is 3. The van der Waals surface area contributed by atoms with E-state index in [1.54, 1.807) is 35.3 Å². The molecular weight excluding hydrogens is 452 g/mol. The summed E-state index contributed by atoms with van der Waals surface area (Å²) in [6.07, 6.45) is 5.48. The first-order valence-electron chi connectivity index (χ1n) is 12.8. The van der Waals surface area contributed by atoms with Gasteiger partial charge in [-0.3, -0.25) is 19.7 Å². The van der Waals surface area contributed by atoms with Crippen molar-refractivity contribution in [3.8, 4) is 11.1 Å². The highest BCUT2D eigenvalue weighted by molar-refractivity contribution is 5.93. The zero-order valence-electron chi connectivity index (χ0n) is 20.7. The summed E-state index contributed by atoms with van der Waals surface area (Å²) in [4.78, 5) is 25.6. The van der Waals surface area contributed by atoms with Gasteiger partial charge in [-0.15, -0.1) is 0 Å². The molecule has 1 saturated carbocycles. The number of carbonyl (C=O) groups is 1. The van der Waals surface area contributed by atoms with Gasteiger partial charge in [-0.1, -0.05) is 36.4 Å². The molecule has 2 aromatic carbocycles. The molecular formula is C29H34N4O3. The molecule has 3 N–H and O–H groups in total. The molecule has 2 fully saturated rings. The molecule has 1 aliphatic carbocycles. The Kier molecular flexibility index (Phi) is 7.32. The normalized spacial score (nSPS) is 20.3. The maximum absolute atomic E-state index is 11.6. The van der Waals surface area contributed by atoms with Gasteiger partial charge in [-0.25, -0.2) is 5.48 Å². The van der Waals surface area contributed by atoms with Crippen molar-refractivity contribution in [3.63, 3.8) is 0 Å². The Bertz CT molecular complexity index is 1240. The number of benzene rings is 2. The van der Waals surface area contributed by atoms with Crippen molar-refractivity contribution in [2.24, 2.45) is 13.0 Å². The van der Waals surface area contributed by atoms with Crippen molar-refractivity contribution in [2.75, 3.05) is 19.6 Å². The molecule has 2 aliphatic rings. The first kappa shape index (κ1) is 24.4. The predicted octanol–water partition coefficient (Wildman–Crippen LogP) is 3.53. The quantitative estimate of drug-likeness (QED) is 0.335. The average molecular weight is 487 g/mol. The van der Waals surface area contributed by atoms with E-state index in [4.69, 9.17) is 5.21 Å². The molecule has 1 saturated heterocycles. The third-order valence-corrected chi connectivity index (χ3v) is 7.65. The van der Waals surface area contributed by atoms with Crippen LogP contribution in [0.2, 0.25) is 0 Å². The zero-order chi connectivity index (χ0) is 25.1. The number of hydroxylamine groups is 1. The van der Waals surface area contributed by atoms with Crippen LogP contribution in [0.1, 0.15) is 46.7 Å². The summed E-state index contributed by atoms with van der Waals surface area (Å²) in [5.41, 5.74) is 6.91. The van der Waals surface area contributed by atoms with Gasteiger partial charge < -0.3 is 9.88 Å². The van der Waals surface area contributed by atoms with Crippen LogP contribution >= 0.6 is 0 Å². The van der Waals surface area contributed by atoms with E-state index in [1.165, 1.54) is 30.4 Å². The van der Waals surface area contributed by atoms with Crippen LogP contribution in [0.5, 0.6) is 0 Å². The standard InChI is InChI=1S/C29H34N4O3/c1-32-19-25(10-11-28(32)34)22-6-8-23(9-7-22)26-16-27(26)30-17-20-12-14-33(15-13-20)18-21-2-4-24(5-3-21)29(35)31-36/h2-11,19-20,26-27,30,36H,12-18H2,1H3,(H,31,35). The molecule has 3 aromatic rings. The number of piperidine rings is 1. The Morgan fingerprint density at radius 1 is 0.972 bits per heavy atom. The number of carbonyl (C=O) groups excluding carboxylic acids is 1. The Hall–Kier alpha value is -3.26. The third kappa shape index (κ3) is 5.75. The van der Waals surface area contributed by atoms with Crippen LogP contribution in [0.3, 0.4) is 0 Å². The topological polar surface area (TPSA) is 86.6 Å². The minimum atomic E-state index is -0.480. The molecule has 2 heterocycles. The highest BCUT2D eigenvalue weighted by Crippen LogP contribution is 2.41. The summed E-state index contributed by atoms with van der Waals surface area (Å²) < 4.78 is 1.62. The molecule has 7 nitrogen and oxygen atoms in total. The van der Waals surface area contributed by atoms with Crippen LogP contribution in [-0.2, 0) is 13.6 Å². The Balaban J connectivity index is 1.04. The minimum absolute atomic E-state index is 0.00855. The first-order valence-corrected chi connectivity index (χ1v) is 12.8. The number of likely N-dealkylation sites (tertiary alicyclic amines) is 1. The molecule has 0 bridgehead atoms. The summed E-state index contributed by atoms with van der Waals surface area (Å²) in [7, 11) is 1.78. The van der Waals surface area contributed by atoms with Crippen LogP contribution in [0.4, 0.5) is 0 Å². The van der Waals surface area contributed by atoms with Gasteiger partial charge in [0, 0.05) is 43.4 Å². The fraction of sp³-hybridized carbons (Fsp3) is 0.379. The van der Waals surface area contributed by atoms with Gasteiger partial charge in [0.2, 0.25) is 5.56 Å². The summed E-state index contributed by atoms with van der Waals surface area (Å²) in [5.74, 6) is 0.825. The van der Waals surface area contributed by atoms with Crippen molar-refractivity contribution in [2.45, 2.75) is 37.8 Å². The monoisotopic (exact) mass is 486 g/mol. The van der Waals surface area contributed by atoms with Crippen LogP contribution in [0.25, 0.3) is 11.1 Å². The van der Waals surface area contributed by atoms with Crippen molar-refractivity contribution >= 4 is 5.91 Å². The third-order valence-electron chi connectivity index (χ3n) is 7.65. The van der Waals surface area contributed by atoms with Crippen molar-refractivity contribution in [1.82, 2.24) is 20.3 Å². The number of pyridine rings is 1. The molecule has 0 radical (unpaired) electrons. The molecule has 188 valence electrons. The molecule has 2 unspecified atom stereocenters. The highest BCUT2D eigenvalue weighted by Gasteiger charge is 2.38. The number of amides is 1. The van der Waals surface area contributed by atoms with E-state index in [1.807, 2.05) is 24.4 Å². The van der Waals surface area contributed by atoms with Gasteiger partial charge in [0.25, 0.3) is 5.91 Å². The number of rotatable bonds is 8. The van der Waals surface area contributed by atoms with Gasteiger partial charge in [0.05, 0.1) is 0 Å². The van der Waals surface area contributed by atoms with Crippen LogP contribution in [0, 0.1) is 5.92 Å². The maximum Gasteiger partial charge on any atom is 0.274 e. The first-order chi connectivity index (χ1) is 17.5. The van der Waals surface area contributed by atoms with Gasteiger partial charge >= 0.3 is 0 Å². The van der Waals surface area contributed by atoms with Crippen molar-refractivity contribution in [3.05, 3.63) is 93.9 Å². The van der Waals surface area contributed by atoms with Gasteiger partial charge in [0.1, 0.15) is 0 Å². The lowest BCUT2D eigenvalue weighted by Gasteiger charge is -2.32. The number of hydrogen-bond acceptors (Lipinski definition) is 5. The van der Waals surface area contributed by atoms with Gasteiger partial charge in [0.15, 0.2) is 0 Å². The van der Waals surface area contributed by atoms with Gasteiger partial charge in [-0.2, -0.15) is 0 Å². The second-order valence-electron chi connectivity index (χ2n) is 10.2. The van der Waals surface area contributed by atoms with Crippen LogP contribution in [0.15, 0.2) is 71.7 Å². The maximum atomic E-state index is 11.6. The lowest BCUT2D eigenvalue weighted by atomic mass is 9.96. The Morgan fingerprint density at radius 3 is 2.33 bits per heavy atom. The molecule has 1 amide bonds. The largest absolute Gasteiger partial charge is 0.318 e. The molecule has 1 aliphatic heterocycles. The Labute approximate surface area is 211 Å². The average Bonchev–Trinajstić information content (AvgIpc) is 3.70. The van der Waals surface area contributed by atoms with E-state index in [2.05, 4.69) is 34.5 Å². The summed E-state index contributed by atoms with van der Waals surface area (Å²) in [6, 6.07) is 20.3. The predicted molar refractivity (Wildman–Crippen MR) is 140 cm³/mol. The number of nitrogens with one attached hydrogen (secondary N) is 2. The number of aromatic nitrogens is 1. The van der Waals surface area contributed by atoms with Crippen LogP contribution in [-0.4, -0.2) is 46.3 Å². The molecule has 0 spiro atoms. The van der Waals surface area contributed by atoms with E-state index in [-0.39, 0.29) is 5.56 Å². The van der Waals surface area contributed by atoms with E-state index in [0.29, 0.717) is 23.4 Å². The number of nitrogens with zero attached hydrogens (tertiary/aromatic N) is 2. The van der Waals surface area contributed by atoms with E-state index in [0.717, 1.165) is 37.3 Å². The Morgan fingerprint density at radius 2 is 1.67 bits per heavy atom.